The maximum absolute atomic E-state index is 13.1. The number of aromatic nitrogens is 1. The normalized spacial score (nSPS) is 12.4. The van der Waals surface area contributed by atoms with Gasteiger partial charge < -0.3 is 14.8 Å². The molecule has 0 radical (unpaired) electrons. The van der Waals surface area contributed by atoms with E-state index in [1.165, 1.54) is 30.5 Å². The van der Waals surface area contributed by atoms with Crippen LogP contribution in [0.4, 0.5) is 4.39 Å². The molecule has 0 fully saturated rings. The van der Waals surface area contributed by atoms with Crippen molar-refractivity contribution in [2.24, 2.45) is 0 Å². The molecule has 0 spiro atoms. The lowest BCUT2D eigenvalue weighted by atomic mass is 10.1. The summed E-state index contributed by atoms with van der Waals surface area (Å²) in [6.07, 6.45) is 0.566. The smallest absolute Gasteiger partial charge is 0.223 e. The van der Waals surface area contributed by atoms with Gasteiger partial charge in [-0.05, 0) is 24.6 Å². The number of benzene rings is 1. The zero-order valence-corrected chi connectivity index (χ0v) is 10.4. The third-order valence-electron chi connectivity index (χ3n) is 3.02. The van der Waals surface area contributed by atoms with Crippen molar-refractivity contribution in [3.63, 3.8) is 0 Å². The highest BCUT2D eigenvalue weighted by molar-refractivity contribution is 5.26. The van der Waals surface area contributed by atoms with Crippen molar-refractivity contribution < 1.29 is 14.6 Å². The Morgan fingerprint density at radius 1 is 1.37 bits per heavy atom. The molecule has 0 aliphatic rings. The van der Waals surface area contributed by atoms with Crippen molar-refractivity contribution in [3.8, 4) is 5.75 Å². The van der Waals surface area contributed by atoms with Crippen molar-refractivity contribution in [1.82, 2.24) is 4.57 Å². The number of hydrogen-bond acceptors (Lipinski definition) is 3. The Morgan fingerprint density at radius 2 is 2.11 bits per heavy atom. The zero-order valence-electron chi connectivity index (χ0n) is 10.4. The van der Waals surface area contributed by atoms with E-state index in [9.17, 15) is 19.4 Å². The number of hydrogen-bond donors (Lipinski definition) is 2. The first-order valence-corrected chi connectivity index (χ1v) is 5.81. The molecule has 1 heterocycles. The molecule has 0 aliphatic carbocycles. The molecule has 19 heavy (non-hydrogen) atoms. The molecule has 0 unspecified atom stereocenters. The summed E-state index contributed by atoms with van der Waals surface area (Å²) in [5, 5.41) is 19.6. The largest absolute Gasteiger partial charge is 0.503 e. The molecule has 0 saturated carbocycles. The highest BCUT2D eigenvalue weighted by Crippen LogP contribution is 2.18. The molecule has 100 valence electrons. The zero-order chi connectivity index (χ0) is 14.0. The second-order valence-corrected chi connectivity index (χ2v) is 4.34. The molecule has 4 nitrogen and oxygen atoms in total. The predicted molar refractivity (Wildman–Crippen MR) is 68.5 cm³/mol. The Morgan fingerprint density at radius 3 is 2.79 bits per heavy atom. The number of nitrogens with zero attached hydrogens (tertiary/aromatic N) is 1. The standard InChI is InChI=1S/C14H14FNO3/c1-9-14(19)12(17)5-6-16(9)8-13(18)10-3-2-4-11(15)7-10/h2-7,13,18-19H,8H2,1H3/t13-/m1/s1. The minimum absolute atomic E-state index is 0.128. The summed E-state index contributed by atoms with van der Waals surface area (Å²) in [6.45, 7) is 1.71. The lowest BCUT2D eigenvalue weighted by Crippen LogP contribution is -2.14. The Hall–Kier alpha value is -2.14. The van der Waals surface area contributed by atoms with Gasteiger partial charge in [-0.15, -0.1) is 0 Å². The number of pyridine rings is 1. The first kappa shape index (κ1) is 13.3. The lowest BCUT2D eigenvalue weighted by molar-refractivity contribution is 0.154. The molecule has 2 aromatic rings. The van der Waals surface area contributed by atoms with E-state index < -0.39 is 17.3 Å². The van der Waals surface area contributed by atoms with Crippen molar-refractivity contribution in [2.75, 3.05) is 0 Å². The van der Waals surface area contributed by atoms with Gasteiger partial charge in [0.2, 0.25) is 5.43 Å². The number of rotatable bonds is 3. The van der Waals surface area contributed by atoms with Crippen molar-refractivity contribution in [2.45, 2.75) is 19.6 Å². The molecule has 0 bridgehead atoms. The maximum Gasteiger partial charge on any atom is 0.223 e. The average molecular weight is 263 g/mol. The topological polar surface area (TPSA) is 62.5 Å². The third kappa shape index (κ3) is 2.82. The summed E-state index contributed by atoms with van der Waals surface area (Å²) in [7, 11) is 0. The second-order valence-electron chi connectivity index (χ2n) is 4.34. The third-order valence-corrected chi connectivity index (χ3v) is 3.02. The molecule has 0 saturated heterocycles. The monoisotopic (exact) mass is 263 g/mol. The summed E-state index contributed by atoms with van der Waals surface area (Å²) in [5.41, 5.74) is 0.342. The first-order valence-electron chi connectivity index (χ1n) is 5.81. The van der Waals surface area contributed by atoms with Crippen LogP contribution in [0.15, 0.2) is 41.3 Å². The van der Waals surface area contributed by atoms with E-state index in [0.29, 0.717) is 11.3 Å². The van der Waals surface area contributed by atoms with Gasteiger partial charge in [0.05, 0.1) is 18.3 Å². The van der Waals surface area contributed by atoms with Crippen LogP contribution >= 0.6 is 0 Å². The van der Waals surface area contributed by atoms with Crippen LogP contribution in [-0.4, -0.2) is 14.8 Å². The van der Waals surface area contributed by atoms with Gasteiger partial charge in [0.25, 0.3) is 0 Å². The average Bonchev–Trinajstić information content (AvgIpc) is 2.39. The predicted octanol–water partition coefficient (Wildman–Crippen LogP) is 1.74. The molecular formula is C14H14FNO3. The first-order chi connectivity index (χ1) is 8.99. The Kier molecular flexibility index (Phi) is 3.66. The van der Waals surface area contributed by atoms with E-state index in [0.717, 1.165) is 0 Å². The van der Waals surface area contributed by atoms with Crippen LogP contribution in [0.1, 0.15) is 17.4 Å². The molecular weight excluding hydrogens is 249 g/mol. The Bertz CT molecular complexity index is 651. The van der Waals surface area contributed by atoms with Crippen LogP contribution in [0.2, 0.25) is 0 Å². The van der Waals surface area contributed by atoms with Crippen LogP contribution < -0.4 is 5.43 Å². The summed E-state index contributed by atoms with van der Waals surface area (Å²) < 4.78 is 14.6. The lowest BCUT2D eigenvalue weighted by Gasteiger charge is -2.16. The van der Waals surface area contributed by atoms with Crippen LogP contribution in [0.25, 0.3) is 0 Å². The van der Waals surface area contributed by atoms with Gasteiger partial charge in [0.15, 0.2) is 5.75 Å². The van der Waals surface area contributed by atoms with Gasteiger partial charge in [0.1, 0.15) is 5.82 Å². The van der Waals surface area contributed by atoms with E-state index in [1.807, 2.05) is 0 Å². The molecule has 2 rings (SSSR count). The number of aliphatic hydroxyl groups excluding tert-OH is 1. The van der Waals surface area contributed by atoms with Gasteiger partial charge in [-0.3, -0.25) is 4.79 Å². The van der Waals surface area contributed by atoms with Crippen LogP contribution in [0, 0.1) is 12.7 Å². The quantitative estimate of drug-likeness (QED) is 0.886. The Balaban J connectivity index is 2.27. The van der Waals surface area contributed by atoms with Crippen molar-refractivity contribution in [3.05, 3.63) is 63.8 Å². The molecule has 1 aromatic heterocycles. The van der Waals surface area contributed by atoms with E-state index in [2.05, 4.69) is 0 Å². The molecule has 1 aromatic carbocycles. The summed E-state index contributed by atoms with van der Waals surface area (Å²) in [6, 6.07) is 6.91. The molecule has 0 aliphatic heterocycles. The fourth-order valence-corrected chi connectivity index (χ4v) is 1.87. The molecule has 5 heteroatoms. The van der Waals surface area contributed by atoms with E-state index >= 15 is 0 Å². The fraction of sp³-hybridized carbons (Fsp3) is 0.214. The Labute approximate surface area is 109 Å². The number of aromatic hydroxyl groups is 1. The highest BCUT2D eigenvalue weighted by Gasteiger charge is 2.12. The van der Waals surface area contributed by atoms with Crippen molar-refractivity contribution in [1.29, 1.82) is 0 Å². The fourth-order valence-electron chi connectivity index (χ4n) is 1.87. The van der Waals surface area contributed by atoms with Crippen molar-refractivity contribution >= 4 is 0 Å². The molecule has 1 atom stereocenters. The highest BCUT2D eigenvalue weighted by atomic mass is 19.1. The van der Waals surface area contributed by atoms with Crippen LogP contribution in [0.5, 0.6) is 5.75 Å². The minimum atomic E-state index is -0.920. The van der Waals surface area contributed by atoms with Gasteiger partial charge in [-0.1, -0.05) is 12.1 Å². The minimum Gasteiger partial charge on any atom is -0.503 e. The summed E-state index contributed by atoms with van der Waals surface area (Å²) >= 11 is 0. The van der Waals surface area contributed by atoms with Gasteiger partial charge in [-0.2, -0.15) is 0 Å². The summed E-state index contributed by atoms with van der Waals surface area (Å²) in [4.78, 5) is 11.2. The van der Waals surface area contributed by atoms with Gasteiger partial charge in [0, 0.05) is 12.3 Å². The maximum atomic E-state index is 13.1. The number of aliphatic hydroxyl groups is 1. The SMILES string of the molecule is Cc1c(O)c(=O)ccn1C[C@@H](O)c1cccc(F)c1. The van der Waals surface area contributed by atoms with E-state index in [-0.39, 0.29) is 12.3 Å². The van der Waals surface area contributed by atoms with E-state index in [1.54, 1.807) is 17.6 Å². The molecule has 2 N–H and O–H groups in total. The molecule has 0 amide bonds. The van der Waals surface area contributed by atoms with Crippen LogP contribution in [-0.2, 0) is 6.54 Å². The second kappa shape index (κ2) is 5.24. The number of halogens is 1. The summed E-state index contributed by atoms with van der Waals surface area (Å²) in [5.74, 6) is -0.759. The van der Waals surface area contributed by atoms with Gasteiger partial charge in [-0.25, -0.2) is 4.39 Å². The van der Waals surface area contributed by atoms with Crippen LogP contribution in [0.3, 0.4) is 0 Å². The van der Waals surface area contributed by atoms with E-state index in [4.69, 9.17) is 0 Å². The van der Waals surface area contributed by atoms with Gasteiger partial charge >= 0.3 is 0 Å².